The quantitative estimate of drug-likeness (QED) is 0.261. The van der Waals surface area contributed by atoms with E-state index in [1.54, 1.807) is 0 Å². The normalized spacial score (nSPS) is 12.0. The number of hydrogen-bond donors (Lipinski definition) is 1. The Morgan fingerprint density at radius 2 is 1.71 bits per heavy atom. The van der Waals surface area contributed by atoms with Crippen LogP contribution < -0.4 is 5.32 Å². The van der Waals surface area contributed by atoms with Crippen molar-refractivity contribution in [3.05, 3.63) is 86.3 Å². The fourth-order valence-electron chi connectivity index (χ4n) is 3.67. The van der Waals surface area contributed by atoms with Crippen LogP contribution in [-0.2, 0) is 18.9 Å². The van der Waals surface area contributed by atoms with Gasteiger partial charge in [0.2, 0.25) is 0 Å². The van der Waals surface area contributed by atoms with Crippen molar-refractivity contribution in [1.82, 2.24) is 14.8 Å². The zero-order valence-corrected chi connectivity index (χ0v) is 20.5. The molecule has 0 saturated carbocycles. The zero-order chi connectivity index (χ0) is 28.0. The van der Waals surface area contributed by atoms with Crippen molar-refractivity contribution < 1.29 is 31.1 Å². The Kier molecular flexibility index (Phi) is 7.03. The van der Waals surface area contributed by atoms with Crippen molar-refractivity contribution in [1.29, 1.82) is 5.26 Å². The number of carbonyl (C=O) groups is 1. The number of aromatic nitrogens is 3. The van der Waals surface area contributed by atoms with Crippen LogP contribution in [0.4, 0.5) is 32.0 Å². The summed E-state index contributed by atoms with van der Waals surface area (Å²) in [5.41, 5.74) is -3.94. The summed E-state index contributed by atoms with van der Waals surface area (Å²) in [6, 6.07) is 10.6. The molecular weight excluding hydrogens is 559 g/mol. The van der Waals surface area contributed by atoms with Crippen molar-refractivity contribution in [3.8, 4) is 6.07 Å². The highest BCUT2D eigenvalue weighted by Crippen LogP contribution is 2.38. The van der Waals surface area contributed by atoms with E-state index in [-0.39, 0.29) is 27.7 Å². The maximum Gasteiger partial charge on any atom is 0.437 e. The number of amides is 1. The summed E-state index contributed by atoms with van der Waals surface area (Å²) >= 11 is 12.0. The number of benzene rings is 2. The molecule has 4 rings (SSSR count). The van der Waals surface area contributed by atoms with Gasteiger partial charge in [0.25, 0.3) is 5.91 Å². The molecule has 2 heterocycles. The second kappa shape index (κ2) is 9.81. The maximum atomic E-state index is 13.9. The maximum absolute atomic E-state index is 13.9. The van der Waals surface area contributed by atoms with E-state index >= 15 is 0 Å². The Balaban J connectivity index is 1.81. The van der Waals surface area contributed by atoms with Gasteiger partial charge in [-0.3, -0.25) is 9.48 Å². The molecule has 38 heavy (non-hydrogen) atoms. The van der Waals surface area contributed by atoms with Gasteiger partial charge in [0, 0.05) is 10.4 Å². The van der Waals surface area contributed by atoms with Crippen LogP contribution in [0.25, 0.3) is 10.9 Å². The van der Waals surface area contributed by atoms with Gasteiger partial charge in [0.15, 0.2) is 5.69 Å². The van der Waals surface area contributed by atoms with Gasteiger partial charge in [0.05, 0.1) is 45.7 Å². The molecule has 14 heteroatoms. The third-order valence-electron chi connectivity index (χ3n) is 5.50. The SMILES string of the molecule is Cc1c(NC(=O)c2cc(C(F)(F)F)nc3c(Cl)cc(Cl)cc23)c(C(F)(F)F)nn1Cc1ccc(C#N)cc1. The summed E-state index contributed by atoms with van der Waals surface area (Å²) in [7, 11) is 0. The summed E-state index contributed by atoms with van der Waals surface area (Å²) in [5, 5.41) is 14.1. The third kappa shape index (κ3) is 5.39. The Hall–Kier alpha value is -3.82. The highest BCUT2D eigenvalue weighted by Gasteiger charge is 2.40. The monoisotopic (exact) mass is 571 g/mol. The lowest BCUT2D eigenvalue weighted by Crippen LogP contribution is -2.19. The smallest absolute Gasteiger partial charge is 0.319 e. The largest absolute Gasteiger partial charge is 0.437 e. The molecule has 0 radical (unpaired) electrons. The molecule has 1 amide bonds. The minimum absolute atomic E-state index is 0.0273. The first-order chi connectivity index (χ1) is 17.7. The lowest BCUT2D eigenvalue weighted by atomic mass is 10.1. The van der Waals surface area contributed by atoms with Crippen molar-refractivity contribution in [2.24, 2.45) is 0 Å². The summed E-state index contributed by atoms with van der Waals surface area (Å²) in [4.78, 5) is 16.6. The molecule has 0 bridgehead atoms. The molecule has 0 spiro atoms. The molecule has 2 aromatic heterocycles. The first kappa shape index (κ1) is 27.2. The van der Waals surface area contributed by atoms with E-state index in [4.69, 9.17) is 28.5 Å². The summed E-state index contributed by atoms with van der Waals surface area (Å²) in [6.45, 7) is 1.12. The van der Waals surface area contributed by atoms with Gasteiger partial charge in [-0.1, -0.05) is 35.3 Å². The second-order valence-corrected chi connectivity index (χ2v) is 8.91. The molecule has 6 nitrogen and oxygen atoms in total. The van der Waals surface area contributed by atoms with Gasteiger partial charge in [0.1, 0.15) is 5.69 Å². The Bertz CT molecular complexity index is 1600. The standard InChI is InChI=1S/C24H13Cl2F6N5O/c1-11-19(21(24(30,31)32)36-37(11)10-13-4-2-12(9-33)3-5-13)35-22(38)16-8-18(23(27,28)29)34-20-15(16)6-14(25)7-17(20)26/h2-8H,10H2,1H3,(H,35,38). The van der Waals surface area contributed by atoms with Crippen LogP contribution in [0.3, 0.4) is 0 Å². The Labute approximate surface area is 220 Å². The van der Waals surface area contributed by atoms with Crippen molar-refractivity contribution >= 4 is 45.7 Å². The van der Waals surface area contributed by atoms with Gasteiger partial charge in [-0.15, -0.1) is 0 Å². The minimum Gasteiger partial charge on any atom is -0.319 e. The predicted molar refractivity (Wildman–Crippen MR) is 127 cm³/mol. The van der Waals surface area contributed by atoms with Gasteiger partial charge in [-0.25, -0.2) is 4.98 Å². The number of alkyl halides is 6. The van der Waals surface area contributed by atoms with E-state index in [0.717, 1.165) is 16.8 Å². The molecule has 0 aliphatic rings. The number of nitrogens with one attached hydrogen (secondary N) is 1. The number of halogens is 8. The molecule has 196 valence electrons. The highest BCUT2D eigenvalue weighted by molar-refractivity contribution is 6.39. The molecule has 0 fully saturated rings. The van der Waals surface area contributed by atoms with Gasteiger partial charge >= 0.3 is 12.4 Å². The first-order valence-electron chi connectivity index (χ1n) is 10.5. The van der Waals surface area contributed by atoms with E-state index in [9.17, 15) is 31.1 Å². The molecule has 0 saturated heterocycles. The van der Waals surface area contributed by atoms with Crippen LogP contribution in [0, 0.1) is 18.3 Å². The number of anilines is 1. The van der Waals surface area contributed by atoms with Crippen LogP contribution in [-0.4, -0.2) is 20.7 Å². The number of rotatable bonds is 4. The molecule has 2 aromatic carbocycles. The summed E-state index contributed by atoms with van der Waals surface area (Å²) in [6.07, 6.45) is -9.99. The zero-order valence-electron chi connectivity index (χ0n) is 19.0. The van der Waals surface area contributed by atoms with Gasteiger partial charge < -0.3 is 5.32 Å². The van der Waals surface area contributed by atoms with Crippen LogP contribution >= 0.6 is 23.2 Å². The van der Waals surface area contributed by atoms with E-state index in [1.807, 2.05) is 6.07 Å². The minimum atomic E-state index is -5.01. The van der Waals surface area contributed by atoms with Gasteiger partial charge in [-0.05, 0) is 42.8 Å². The number of hydrogen-bond acceptors (Lipinski definition) is 4. The van der Waals surface area contributed by atoms with Crippen LogP contribution in [0.5, 0.6) is 0 Å². The second-order valence-electron chi connectivity index (χ2n) is 8.06. The van der Waals surface area contributed by atoms with Crippen molar-refractivity contribution in [3.63, 3.8) is 0 Å². The number of carbonyl (C=O) groups excluding carboxylic acids is 1. The molecule has 0 unspecified atom stereocenters. The fraction of sp³-hybridized carbons (Fsp3) is 0.167. The molecule has 0 atom stereocenters. The van der Waals surface area contributed by atoms with Gasteiger partial charge in [-0.2, -0.15) is 36.7 Å². The number of fused-ring (bicyclic) bond motifs is 1. The summed E-state index contributed by atoms with van der Waals surface area (Å²) < 4.78 is 83.0. The summed E-state index contributed by atoms with van der Waals surface area (Å²) in [5.74, 6) is -1.28. The average molecular weight is 572 g/mol. The van der Waals surface area contributed by atoms with Crippen molar-refractivity contribution in [2.45, 2.75) is 25.8 Å². The third-order valence-corrected chi connectivity index (χ3v) is 6.00. The van der Waals surface area contributed by atoms with Crippen LogP contribution in [0.15, 0.2) is 42.5 Å². The fourth-order valence-corrected chi connectivity index (χ4v) is 4.21. The lowest BCUT2D eigenvalue weighted by Gasteiger charge is -2.14. The Morgan fingerprint density at radius 1 is 1.05 bits per heavy atom. The highest BCUT2D eigenvalue weighted by atomic mass is 35.5. The average Bonchev–Trinajstić information content (AvgIpc) is 3.13. The Morgan fingerprint density at radius 3 is 2.29 bits per heavy atom. The predicted octanol–water partition coefficient (Wildman–Crippen LogP) is 7.26. The number of nitriles is 1. The lowest BCUT2D eigenvalue weighted by molar-refractivity contribution is -0.141. The van der Waals surface area contributed by atoms with Crippen molar-refractivity contribution in [2.75, 3.05) is 5.32 Å². The van der Waals surface area contributed by atoms with E-state index in [0.29, 0.717) is 17.2 Å². The molecule has 4 aromatic rings. The molecule has 0 aliphatic carbocycles. The first-order valence-corrected chi connectivity index (χ1v) is 11.3. The molecule has 1 N–H and O–H groups in total. The van der Waals surface area contributed by atoms with Crippen LogP contribution in [0.1, 0.15) is 38.6 Å². The van der Waals surface area contributed by atoms with E-state index < -0.39 is 46.4 Å². The van der Waals surface area contributed by atoms with Crippen LogP contribution in [0.2, 0.25) is 10.0 Å². The molecule has 0 aliphatic heterocycles. The number of nitrogens with zero attached hydrogens (tertiary/aromatic N) is 4. The molecular formula is C24H13Cl2F6N5O. The van der Waals surface area contributed by atoms with E-state index in [2.05, 4.69) is 15.4 Å². The topological polar surface area (TPSA) is 83.6 Å². The van der Waals surface area contributed by atoms with E-state index in [1.165, 1.54) is 31.2 Å². The number of pyridine rings is 1.